The molecule has 3 N–H and O–H groups in total. The van der Waals surface area contributed by atoms with Gasteiger partial charge >= 0.3 is 0 Å². The molecule has 0 aromatic heterocycles. The van der Waals surface area contributed by atoms with Crippen molar-refractivity contribution in [2.24, 2.45) is 0 Å². The van der Waals surface area contributed by atoms with Crippen LogP contribution in [0.5, 0.6) is 0 Å². The Hall–Kier alpha value is -2.56. The number of halogens is 1. The van der Waals surface area contributed by atoms with E-state index in [2.05, 4.69) is 5.32 Å². The molecule has 1 aliphatic rings. The van der Waals surface area contributed by atoms with Crippen molar-refractivity contribution >= 4 is 50.7 Å². The predicted molar refractivity (Wildman–Crippen MR) is 130 cm³/mol. The number of sulfonamides is 1. The Morgan fingerprint density at radius 3 is 2.36 bits per heavy atom. The molecule has 1 saturated heterocycles. The summed E-state index contributed by atoms with van der Waals surface area (Å²) in [5, 5.41) is 2.86. The second-order valence-corrected chi connectivity index (χ2v) is 10.7. The van der Waals surface area contributed by atoms with E-state index < -0.39 is 15.9 Å². The Morgan fingerprint density at radius 1 is 1.00 bits per heavy atom. The number of nitrogens with two attached hydrogens (primary N) is 1. The summed E-state index contributed by atoms with van der Waals surface area (Å²) in [6.45, 7) is 1.06. The number of amides is 1. The van der Waals surface area contributed by atoms with Crippen LogP contribution in [0.2, 0.25) is 5.02 Å². The number of nitrogens with one attached hydrogen (secondary N) is 1. The van der Waals surface area contributed by atoms with Gasteiger partial charge < -0.3 is 15.8 Å². The van der Waals surface area contributed by atoms with Crippen LogP contribution < -0.4 is 11.1 Å². The molecule has 0 unspecified atom stereocenters. The van der Waals surface area contributed by atoms with Gasteiger partial charge in [0.05, 0.1) is 23.8 Å². The highest BCUT2D eigenvalue weighted by atomic mass is 35.5. The maximum atomic E-state index is 13.3. The highest BCUT2D eigenvalue weighted by Crippen LogP contribution is 2.38. The average Bonchev–Trinajstić information content (AvgIpc) is 2.81. The maximum absolute atomic E-state index is 13.3. The van der Waals surface area contributed by atoms with Gasteiger partial charge in [0.1, 0.15) is 4.90 Å². The largest absolute Gasteiger partial charge is 0.398 e. The number of nitrogen functional groups attached to an aromatic ring is 1. The summed E-state index contributed by atoms with van der Waals surface area (Å²) in [5.41, 5.74) is 7.40. The third kappa shape index (κ3) is 5.34. The van der Waals surface area contributed by atoms with Gasteiger partial charge in [-0.2, -0.15) is 4.31 Å². The van der Waals surface area contributed by atoms with Crippen LogP contribution in [0.25, 0.3) is 0 Å². The van der Waals surface area contributed by atoms with Crippen molar-refractivity contribution in [1.29, 1.82) is 0 Å². The molecule has 3 aromatic carbocycles. The standard InChI is InChI=1S/C23H22ClN3O4S2/c24-18-15-21(32-20-9-5-4-8-19(20)25)17(23(28)26-16-6-2-1-3-7-16)14-22(18)33(29,30)27-10-12-31-13-11-27/h1-9,14-15H,10-13,25H2,(H,26,28). The van der Waals surface area contributed by atoms with E-state index in [0.29, 0.717) is 29.5 Å². The molecule has 1 amide bonds. The van der Waals surface area contributed by atoms with Crippen LogP contribution in [0.15, 0.2) is 81.4 Å². The van der Waals surface area contributed by atoms with E-state index in [9.17, 15) is 13.2 Å². The Kier molecular flexibility index (Phi) is 7.26. The van der Waals surface area contributed by atoms with E-state index in [0.717, 1.165) is 4.90 Å². The quantitative estimate of drug-likeness (QED) is 0.485. The predicted octanol–water partition coefficient (Wildman–Crippen LogP) is 4.35. The lowest BCUT2D eigenvalue weighted by atomic mass is 10.2. The number of benzene rings is 3. The first kappa shape index (κ1) is 23.6. The molecule has 1 aliphatic heterocycles. The topological polar surface area (TPSA) is 102 Å². The van der Waals surface area contributed by atoms with Gasteiger partial charge in [0, 0.05) is 34.3 Å². The SMILES string of the molecule is Nc1ccccc1Sc1cc(Cl)c(S(=O)(=O)N2CCOCC2)cc1C(=O)Nc1ccccc1. The molecule has 7 nitrogen and oxygen atoms in total. The summed E-state index contributed by atoms with van der Waals surface area (Å²) >= 11 is 7.71. The number of carbonyl (C=O) groups is 1. The smallest absolute Gasteiger partial charge is 0.256 e. The molecule has 0 spiro atoms. The van der Waals surface area contributed by atoms with Gasteiger partial charge in [-0.15, -0.1) is 0 Å². The van der Waals surface area contributed by atoms with Crippen molar-refractivity contribution in [2.45, 2.75) is 14.7 Å². The van der Waals surface area contributed by atoms with Gasteiger partial charge in [-0.05, 0) is 36.4 Å². The lowest BCUT2D eigenvalue weighted by molar-refractivity contribution is 0.0730. The van der Waals surface area contributed by atoms with Crippen LogP contribution in [0.1, 0.15) is 10.4 Å². The maximum Gasteiger partial charge on any atom is 0.256 e. The summed E-state index contributed by atoms with van der Waals surface area (Å²) in [6, 6.07) is 19.0. The van der Waals surface area contributed by atoms with Gasteiger partial charge in [0.15, 0.2) is 0 Å². The Morgan fingerprint density at radius 2 is 1.67 bits per heavy atom. The number of hydrogen-bond donors (Lipinski definition) is 2. The summed E-state index contributed by atoms with van der Waals surface area (Å²) in [6.07, 6.45) is 0. The van der Waals surface area contributed by atoms with Gasteiger partial charge in [0.25, 0.3) is 5.91 Å². The minimum atomic E-state index is -3.91. The average molecular weight is 504 g/mol. The molecule has 0 radical (unpaired) electrons. The van der Waals surface area contributed by atoms with Crippen molar-refractivity contribution in [3.63, 3.8) is 0 Å². The molecule has 172 valence electrons. The van der Waals surface area contributed by atoms with Crippen molar-refractivity contribution in [3.05, 3.63) is 77.3 Å². The summed E-state index contributed by atoms with van der Waals surface area (Å²) in [5.74, 6) is -0.451. The first-order valence-electron chi connectivity index (χ1n) is 10.2. The summed E-state index contributed by atoms with van der Waals surface area (Å²) in [4.78, 5) is 14.4. The zero-order chi connectivity index (χ0) is 23.4. The minimum Gasteiger partial charge on any atom is -0.398 e. The molecule has 0 bridgehead atoms. The molecule has 33 heavy (non-hydrogen) atoms. The van der Waals surface area contributed by atoms with Crippen molar-refractivity contribution in [2.75, 3.05) is 37.4 Å². The molecule has 4 rings (SSSR count). The van der Waals surface area contributed by atoms with E-state index in [1.807, 2.05) is 24.3 Å². The Bertz CT molecular complexity index is 1260. The summed E-state index contributed by atoms with van der Waals surface area (Å²) in [7, 11) is -3.91. The fourth-order valence-corrected chi connectivity index (χ4v) is 6.34. The lowest BCUT2D eigenvalue weighted by Crippen LogP contribution is -2.40. The molecular weight excluding hydrogens is 482 g/mol. The Balaban J connectivity index is 1.78. The van der Waals surface area contributed by atoms with Crippen LogP contribution >= 0.6 is 23.4 Å². The fourth-order valence-electron chi connectivity index (χ4n) is 3.33. The van der Waals surface area contributed by atoms with Crippen molar-refractivity contribution in [3.8, 4) is 0 Å². The molecule has 3 aromatic rings. The van der Waals surface area contributed by atoms with Crippen LogP contribution in [0.3, 0.4) is 0 Å². The van der Waals surface area contributed by atoms with Gasteiger partial charge in [0.2, 0.25) is 10.0 Å². The molecule has 1 heterocycles. The third-order valence-corrected chi connectivity index (χ3v) is 8.55. The Labute approximate surface area is 201 Å². The van der Waals surface area contributed by atoms with E-state index in [1.54, 1.807) is 30.3 Å². The first-order valence-corrected chi connectivity index (χ1v) is 12.8. The molecule has 0 saturated carbocycles. The van der Waals surface area contributed by atoms with Crippen LogP contribution in [0, 0.1) is 0 Å². The van der Waals surface area contributed by atoms with Crippen molar-refractivity contribution < 1.29 is 17.9 Å². The molecule has 1 fully saturated rings. The second-order valence-electron chi connectivity index (χ2n) is 7.26. The number of anilines is 2. The number of morpholine rings is 1. The number of ether oxygens (including phenoxy) is 1. The number of hydrogen-bond acceptors (Lipinski definition) is 6. The van der Waals surface area contributed by atoms with Crippen molar-refractivity contribution in [1.82, 2.24) is 4.31 Å². The van der Waals surface area contributed by atoms with Crippen LogP contribution in [-0.2, 0) is 14.8 Å². The monoisotopic (exact) mass is 503 g/mol. The zero-order valence-electron chi connectivity index (χ0n) is 17.5. The van der Waals surface area contributed by atoms with Crippen LogP contribution in [-0.4, -0.2) is 44.9 Å². The van der Waals surface area contributed by atoms with Gasteiger partial charge in [-0.1, -0.05) is 53.7 Å². The second kappa shape index (κ2) is 10.1. The molecular formula is C23H22ClN3O4S2. The normalized spacial score (nSPS) is 14.7. The number of carbonyl (C=O) groups excluding carboxylic acids is 1. The third-order valence-electron chi connectivity index (χ3n) is 5.04. The highest BCUT2D eigenvalue weighted by molar-refractivity contribution is 7.99. The van der Waals surface area contributed by atoms with E-state index in [-0.39, 0.29) is 28.6 Å². The van der Waals surface area contributed by atoms with Gasteiger partial charge in [-0.3, -0.25) is 4.79 Å². The number of para-hydroxylation sites is 2. The zero-order valence-corrected chi connectivity index (χ0v) is 19.9. The van der Waals surface area contributed by atoms with E-state index in [4.69, 9.17) is 22.1 Å². The molecule has 0 aliphatic carbocycles. The summed E-state index contributed by atoms with van der Waals surface area (Å²) < 4.78 is 33.2. The van der Waals surface area contributed by atoms with Crippen LogP contribution in [0.4, 0.5) is 11.4 Å². The van der Waals surface area contributed by atoms with E-state index >= 15 is 0 Å². The molecule has 10 heteroatoms. The van der Waals surface area contributed by atoms with E-state index in [1.165, 1.54) is 28.2 Å². The first-order chi connectivity index (χ1) is 15.9. The fraction of sp³-hybridized carbons (Fsp3) is 0.174. The number of nitrogens with zero attached hydrogens (tertiary/aromatic N) is 1. The van der Waals surface area contributed by atoms with Gasteiger partial charge in [-0.25, -0.2) is 8.42 Å². The molecule has 0 atom stereocenters. The number of rotatable bonds is 6. The minimum absolute atomic E-state index is 0.0368. The highest BCUT2D eigenvalue weighted by Gasteiger charge is 2.30. The lowest BCUT2D eigenvalue weighted by Gasteiger charge is -2.26.